The van der Waals surface area contributed by atoms with Gasteiger partial charge in [0.25, 0.3) is 10.0 Å². The molecule has 2 heterocycles. The Bertz CT molecular complexity index is 620. The van der Waals surface area contributed by atoms with Gasteiger partial charge >= 0.3 is 0 Å². The zero-order valence-corrected chi connectivity index (χ0v) is 11.9. The average Bonchev–Trinajstić information content (AvgIpc) is 2.85. The van der Waals surface area contributed by atoms with Crippen molar-refractivity contribution in [1.82, 2.24) is 14.9 Å². The molecule has 0 spiro atoms. The number of halogens is 1. The molecular formula is C8H8BrN3O3S2. The molecular weight excluding hydrogens is 330 g/mol. The second-order valence-electron chi connectivity index (χ2n) is 3.10. The summed E-state index contributed by atoms with van der Waals surface area (Å²) in [6.07, 6.45) is 0. The smallest absolute Gasteiger partial charge is 0.250 e. The van der Waals surface area contributed by atoms with Gasteiger partial charge in [-0.3, -0.25) is 0 Å². The van der Waals surface area contributed by atoms with Crippen LogP contribution in [0.2, 0.25) is 0 Å². The van der Waals surface area contributed by atoms with E-state index in [4.69, 9.17) is 4.42 Å². The molecule has 0 aliphatic rings. The van der Waals surface area contributed by atoms with E-state index >= 15 is 0 Å². The summed E-state index contributed by atoms with van der Waals surface area (Å²) in [6, 6.07) is 3.20. The summed E-state index contributed by atoms with van der Waals surface area (Å²) < 4.78 is 32.1. The maximum Gasteiger partial charge on any atom is 0.250 e. The Hall–Kier alpha value is -0.770. The predicted molar refractivity (Wildman–Crippen MR) is 65.1 cm³/mol. The minimum atomic E-state index is -3.52. The minimum absolute atomic E-state index is 0.0152. The van der Waals surface area contributed by atoms with Crippen LogP contribution < -0.4 is 4.72 Å². The van der Waals surface area contributed by atoms with Gasteiger partial charge in [-0.25, -0.2) is 13.1 Å². The lowest BCUT2D eigenvalue weighted by Crippen LogP contribution is -2.22. The Morgan fingerprint density at radius 2 is 2.24 bits per heavy atom. The predicted octanol–water partition coefficient (Wildman–Crippen LogP) is 1.68. The van der Waals surface area contributed by atoms with Gasteiger partial charge in [0, 0.05) is 6.92 Å². The van der Waals surface area contributed by atoms with Crippen LogP contribution in [0.15, 0.2) is 24.5 Å². The summed E-state index contributed by atoms with van der Waals surface area (Å²) in [5, 5.41) is 7.31. The Morgan fingerprint density at radius 3 is 2.76 bits per heavy atom. The molecule has 0 amide bonds. The maximum atomic E-state index is 11.8. The van der Waals surface area contributed by atoms with Crippen molar-refractivity contribution in [1.29, 1.82) is 0 Å². The lowest BCUT2D eigenvalue weighted by molar-refractivity contribution is 0.460. The normalized spacial score (nSPS) is 11.9. The lowest BCUT2D eigenvalue weighted by Gasteiger charge is -2.00. The van der Waals surface area contributed by atoms with Gasteiger partial charge in [0.1, 0.15) is 4.21 Å². The molecule has 2 rings (SSSR count). The zero-order valence-electron chi connectivity index (χ0n) is 8.68. The molecule has 2 aromatic heterocycles. The number of rotatable bonds is 4. The minimum Gasteiger partial charge on any atom is -0.424 e. The van der Waals surface area contributed by atoms with Gasteiger partial charge in [0.2, 0.25) is 11.8 Å². The molecule has 2 aromatic rings. The van der Waals surface area contributed by atoms with Gasteiger partial charge < -0.3 is 4.42 Å². The van der Waals surface area contributed by atoms with Crippen molar-refractivity contribution in [3.05, 3.63) is 27.7 Å². The standard InChI is InChI=1S/C8H8BrN3O3S2/c1-5-11-12-7(15-5)4-10-17(13,14)8-3-2-6(9)16-8/h2-3,10H,4H2,1H3. The summed E-state index contributed by atoms with van der Waals surface area (Å²) >= 11 is 4.34. The molecule has 0 fully saturated rings. The first-order chi connectivity index (χ1) is 7.97. The Labute approximate surface area is 110 Å². The number of hydrogen-bond acceptors (Lipinski definition) is 6. The van der Waals surface area contributed by atoms with Crippen LogP contribution >= 0.6 is 27.3 Å². The Morgan fingerprint density at radius 1 is 1.47 bits per heavy atom. The first kappa shape index (κ1) is 12.7. The topological polar surface area (TPSA) is 85.1 Å². The molecule has 9 heteroatoms. The summed E-state index contributed by atoms with van der Waals surface area (Å²) in [5.74, 6) is 0.639. The van der Waals surface area contributed by atoms with Gasteiger partial charge in [-0.2, -0.15) is 0 Å². The van der Waals surface area contributed by atoms with E-state index in [2.05, 4.69) is 30.8 Å². The van der Waals surface area contributed by atoms with Gasteiger partial charge in [0.05, 0.1) is 10.3 Å². The van der Waals surface area contributed by atoms with E-state index < -0.39 is 10.0 Å². The number of aryl methyl sites for hydroxylation is 1. The van der Waals surface area contributed by atoms with Crippen molar-refractivity contribution in [2.45, 2.75) is 17.7 Å². The number of nitrogens with one attached hydrogen (secondary N) is 1. The molecule has 6 nitrogen and oxygen atoms in total. The molecule has 0 radical (unpaired) electrons. The second kappa shape index (κ2) is 4.84. The van der Waals surface area contributed by atoms with Crippen molar-refractivity contribution < 1.29 is 12.8 Å². The molecule has 0 saturated heterocycles. The first-order valence-electron chi connectivity index (χ1n) is 4.51. The van der Waals surface area contributed by atoms with Crippen LogP contribution in [-0.4, -0.2) is 18.6 Å². The molecule has 0 bridgehead atoms. The number of aromatic nitrogens is 2. The molecule has 92 valence electrons. The van der Waals surface area contributed by atoms with Crippen LogP contribution in [0.5, 0.6) is 0 Å². The van der Waals surface area contributed by atoms with Crippen molar-refractivity contribution in [2.24, 2.45) is 0 Å². The van der Waals surface area contributed by atoms with Gasteiger partial charge in [-0.15, -0.1) is 21.5 Å². The largest absolute Gasteiger partial charge is 0.424 e. The fourth-order valence-corrected chi connectivity index (χ4v) is 4.11. The third-order valence-corrected chi connectivity index (χ3v) is 5.31. The summed E-state index contributed by atoms with van der Waals surface area (Å²) in [6.45, 7) is 1.63. The number of nitrogens with zero attached hydrogens (tertiary/aromatic N) is 2. The highest BCUT2D eigenvalue weighted by molar-refractivity contribution is 9.11. The molecule has 0 saturated carbocycles. The molecule has 0 aliphatic heterocycles. The maximum absolute atomic E-state index is 11.8. The second-order valence-corrected chi connectivity index (χ2v) is 7.55. The van der Waals surface area contributed by atoms with Gasteiger partial charge in [-0.05, 0) is 28.1 Å². The quantitative estimate of drug-likeness (QED) is 0.917. The number of hydrogen-bond donors (Lipinski definition) is 1. The van der Waals surface area contributed by atoms with Crippen molar-refractivity contribution in [2.75, 3.05) is 0 Å². The van der Waals surface area contributed by atoms with Crippen LogP contribution in [-0.2, 0) is 16.6 Å². The fourth-order valence-electron chi connectivity index (χ4n) is 1.08. The third-order valence-electron chi connectivity index (χ3n) is 1.79. The van der Waals surface area contributed by atoms with Crippen molar-refractivity contribution in [3.63, 3.8) is 0 Å². The monoisotopic (exact) mass is 337 g/mol. The SMILES string of the molecule is Cc1nnc(CNS(=O)(=O)c2ccc(Br)s2)o1. The van der Waals surface area contributed by atoms with Crippen LogP contribution in [0.4, 0.5) is 0 Å². The van der Waals surface area contributed by atoms with Crippen molar-refractivity contribution in [3.8, 4) is 0 Å². The Kier molecular flexibility index (Phi) is 3.61. The van der Waals surface area contributed by atoms with Crippen LogP contribution in [0.3, 0.4) is 0 Å². The average molecular weight is 338 g/mol. The molecule has 1 N–H and O–H groups in total. The highest BCUT2D eigenvalue weighted by atomic mass is 79.9. The van der Waals surface area contributed by atoms with E-state index in [0.717, 1.165) is 15.1 Å². The zero-order chi connectivity index (χ0) is 12.5. The van der Waals surface area contributed by atoms with E-state index in [9.17, 15) is 8.42 Å². The van der Waals surface area contributed by atoms with E-state index in [-0.39, 0.29) is 16.6 Å². The van der Waals surface area contributed by atoms with Crippen LogP contribution in [0, 0.1) is 6.92 Å². The van der Waals surface area contributed by atoms with Crippen LogP contribution in [0.1, 0.15) is 11.8 Å². The van der Waals surface area contributed by atoms with E-state index in [1.165, 1.54) is 6.07 Å². The first-order valence-corrected chi connectivity index (χ1v) is 7.60. The molecule has 0 unspecified atom stereocenters. The fraction of sp³-hybridized carbons (Fsp3) is 0.250. The molecule has 0 atom stereocenters. The summed E-state index contributed by atoms with van der Waals surface area (Å²) in [7, 11) is -3.52. The highest BCUT2D eigenvalue weighted by Gasteiger charge is 2.17. The van der Waals surface area contributed by atoms with E-state index in [0.29, 0.717) is 5.89 Å². The number of sulfonamides is 1. The van der Waals surface area contributed by atoms with Gasteiger partial charge in [-0.1, -0.05) is 0 Å². The molecule has 0 aliphatic carbocycles. The van der Waals surface area contributed by atoms with Gasteiger partial charge in [0.15, 0.2) is 0 Å². The lowest BCUT2D eigenvalue weighted by atomic mass is 10.7. The number of thiophene rings is 1. The molecule has 0 aromatic carbocycles. The summed E-state index contributed by atoms with van der Waals surface area (Å²) in [4.78, 5) is 0. The highest BCUT2D eigenvalue weighted by Crippen LogP contribution is 2.25. The van der Waals surface area contributed by atoms with E-state index in [1.54, 1.807) is 13.0 Å². The van der Waals surface area contributed by atoms with Crippen LogP contribution in [0.25, 0.3) is 0 Å². The summed E-state index contributed by atoms with van der Waals surface area (Å²) in [5.41, 5.74) is 0. The third kappa shape index (κ3) is 3.12. The van der Waals surface area contributed by atoms with Crippen molar-refractivity contribution >= 4 is 37.3 Å². The van der Waals surface area contributed by atoms with E-state index in [1.807, 2.05) is 0 Å². The molecule has 17 heavy (non-hydrogen) atoms. The Balaban J connectivity index is 2.08.